The molecule has 0 amide bonds. The van der Waals surface area contributed by atoms with Crippen LogP contribution in [0.25, 0.3) is 0 Å². The number of likely N-dealkylation sites (tertiary alicyclic amines) is 1. The first-order chi connectivity index (χ1) is 10.2. The number of hydrogen-bond acceptors (Lipinski definition) is 3. The van der Waals surface area contributed by atoms with Crippen LogP contribution in [-0.4, -0.2) is 27.5 Å². The highest BCUT2D eigenvalue weighted by Gasteiger charge is 2.19. The molecule has 110 valence electrons. The normalized spacial score (nSPS) is 17.0. The molecular weight excluding hydrogens is 266 g/mol. The van der Waals surface area contributed by atoms with Crippen molar-refractivity contribution in [1.82, 2.24) is 9.47 Å². The third-order valence-corrected chi connectivity index (χ3v) is 4.16. The highest BCUT2D eigenvalue weighted by atomic mass is 16.6. The van der Waals surface area contributed by atoms with E-state index in [4.69, 9.17) is 0 Å². The van der Waals surface area contributed by atoms with E-state index in [0.717, 1.165) is 38.0 Å². The highest BCUT2D eigenvalue weighted by Crippen LogP contribution is 2.24. The summed E-state index contributed by atoms with van der Waals surface area (Å²) in [5.41, 5.74) is 1.30. The van der Waals surface area contributed by atoms with Gasteiger partial charge in [0, 0.05) is 50.2 Å². The van der Waals surface area contributed by atoms with Crippen LogP contribution in [0.15, 0.2) is 48.8 Å². The van der Waals surface area contributed by atoms with E-state index < -0.39 is 0 Å². The molecule has 1 fully saturated rings. The predicted molar refractivity (Wildman–Crippen MR) is 81.1 cm³/mol. The van der Waals surface area contributed by atoms with Crippen molar-refractivity contribution in [3.05, 3.63) is 64.5 Å². The maximum Gasteiger partial charge on any atom is 0.269 e. The van der Waals surface area contributed by atoms with Crippen LogP contribution in [-0.2, 0) is 6.54 Å². The fourth-order valence-corrected chi connectivity index (χ4v) is 2.95. The quantitative estimate of drug-likeness (QED) is 0.640. The summed E-state index contributed by atoms with van der Waals surface area (Å²) in [4.78, 5) is 12.7. The van der Waals surface area contributed by atoms with Gasteiger partial charge in [-0.15, -0.1) is 0 Å². The van der Waals surface area contributed by atoms with Crippen molar-refractivity contribution < 1.29 is 4.92 Å². The summed E-state index contributed by atoms with van der Waals surface area (Å²) in [6.07, 6.45) is 6.58. The summed E-state index contributed by atoms with van der Waals surface area (Å²) in [7, 11) is 0. The average molecular weight is 285 g/mol. The molecule has 0 radical (unpaired) electrons. The summed E-state index contributed by atoms with van der Waals surface area (Å²) in [5.74, 6) is 0. The zero-order chi connectivity index (χ0) is 14.7. The SMILES string of the molecule is O=[N+]([O-])c1ccc(CN2CCC(n3cccc3)CC2)cc1. The number of nitrogens with zero attached hydrogens (tertiary/aromatic N) is 3. The molecule has 0 aliphatic carbocycles. The van der Waals surface area contributed by atoms with Crippen LogP contribution in [0.3, 0.4) is 0 Å². The van der Waals surface area contributed by atoms with Crippen LogP contribution in [0.5, 0.6) is 0 Å². The molecule has 1 aliphatic rings. The second-order valence-electron chi connectivity index (χ2n) is 5.56. The standard InChI is InChI=1S/C16H19N3O2/c20-19(21)16-5-3-14(4-6-16)13-17-11-7-15(8-12-17)18-9-1-2-10-18/h1-6,9-10,15H,7-8,11-13H2. The van der Waals surface area contributed by atoms with Crippen LogP contribution in [0.2, 0.25) is 0 Å². The summed E-state index contributed by atoms with van der Waals surface area (Å²) in [6, 6.07) is 11.6. The predicted octanol–water partition coefficient (Wildman–Crippen LogP) is 3.23. The van der Waals surface area contributed by atoms with Crippen molar-refractivity contribution in [3.8, 4) is 0 Å². The summed E-state index contributed by atoms with van der Waals surface area (Å²) < 4.78 is 2.29. The molecule has 1 aliphatic heterocycles. The Morgan fingerprint density at radius 3 is 2.29 bits per heavy atom. The Kier molecular flexibility index (Phi) is 4.01. The van der Waals surface area contributed by atoms with E-state index in [0.29, 0.717) is 6.04 Å². The number of aromatic nitrogens is 1. The van der Waals surface area contributed by atoms with Gasteiger partial charge in [-0.1, -0.05) is 12.1 Å². The Hall–Kier alpha value is -2.14. The summed E-state index contributed by atoms with van der Waals surface area (Å²) in [5, 5.41) is 10.6. The van der Waals surface area contributed by atoms with Crippen LogP contribution in [0.1, 0.15) is 24.4 Å². The van der Waals surface area contributed by atoms with Gasteiger partial charge in [-0.2, -0.15) is 0 Å². The minimum atomic E-state index is -0.355. The first-order valence-electron chi connectivity index (χ1n) is 7.30. The lowest BCUT2D eigenvalue weighted by Gasteiger charge is -2.32. The molecular formula is C16H19N3O2. The van der Waals surface area contributed by atoms with E-state index in [2.05, 4.69) is 34.0 Å². The molecule has 1 aromatic carbocycles. The van der Waals surface area contributed by atoms with E-state index in [1.807, 2.05) is 12.1 Å². The van der Waals surface area contributed by atoms with Crippen LogP contribution in [0.4, 0.5) is 5.69 Å². The Morgan fingerprint density at radius 1 is 1.10 bits per heavy atom. The monoisotopic (exact) mass is 285 g/mol. The van der Waals surface area contributed by atoms with Gasteiger partial charge in [0.2, 0.25) is 0 Å². The van der Waals surface area contributed by atoms with Gasteiger partial charge in [-0.3, -0.25) is 15.0 Å². The third-order valence-electron chi connectivity index (χ3n) is 4.16. The molecule has 3 rings (SSSR count). The van der Waals surface area contributed by atoms with Crippen molar-refractivity contribution in [3.63, 3.8) is 0 Å². The van der Waals surface area contributed by atoms with E-state index in [-0.39, 0.29) is 10.6 Å². The molecule has 0 N–H and O–H groups in total. The van der Waals surface area contributed by atoms with Crippen LogP contribution >= 0.6 is 0 Å². The molecule has 5 nitrogen and oxygen atoms in total. The summed E-state index contributed by atoms with van der Waals surface area (Å²) >= 11 is 0. The van der Waals surface area contributed by atoms with E-state index in [1.54, 1.807) is 12.1 Å². The van der Waals surface area contributed by atoms with Crippen molar-refractivity contribution in [2.24, 2.45) is 0 Å². The number of non-ortho nitro benzene ring substituents is 1. The zero-order valence-electron chi connectivity index (χ0n) is 11.9. The molecule has 0 saturated carbocycles. The van der Waals surface area contributed by atoms with Gasteiger partial charge in [0.25, 0.3) is 5.69 Å². The fraction of sp³-hybridized carbons (Fsp3) is 0.375. The van der Waals surface area contributed by atoms with Gasteiger partial charge < -0.3 is 4.57 Å². The zero-order valence-corrected chi connectivity index (χ0v) is 11.9. The first-order valence-corrected chi connectivity index (χ1v) is 7.30. The van der Waals surface area contributed by atoms with Gasteiger partial charge in [0.15, 0.2) is 0 Å². The molecule has 0 bridgehead atoms. The second kappa shape index (κ2) is 6.10. The van der Waals surface area contributed by atoms with Crippen molar-refractivity contribution in [2.75, 3.05) is 13.1 Å². The van der Waals surface area contributed by atoms with Gasteiger partial charge in [0.05, 0.1) is 4.92 Å². The largest absolute Gasteiger partial charge is 0.351 e. The first kappa shape index (κ1) is 13.8. The second-order valence-corrected chi connectivity index (χ2v) is 5.56. The Balaban J connectivity index is 1.54. The fourth-order valence-electron chi connectivity index (χ4n) is 2.95. The van der Waals surface area contributed by atoms with Gasteiger partial charge in [-0.05, 0) is 30.5 Å². The van der Waals surface area contributed by atoms with E-state index in [1.165, 1.54) is 0 Å². The molecule has 1 aromatic heterocycles. The lowest BCUT2D eigenvalue weighted by atomic mass is 10.0. The minimum Gasteiger partial charge on any atom is -0.351 e. The third kappa shape index (κ3) is 3.31. The van der Waals surface area contributed by atoms with Crippen molar-refractivity contribution >= 4 is 5.69 Å². The summed E-state index contributed by atoms with van der Waals surface area (Å²) in [6.45, 7) is 3.01. The van der Waals surface area contributed by atoms with Crippen molar-refractivity contribution in [1.29, 1.82) is 0 Å². The lowest BCUT2D eigenvalue weighted by molar-refractivity contribution is -0.384. The molecule has 0 atom stereocenters. The average Bonchev–Trinajstić information content (AvgIpc) is 3.03. The molecule has 0 unspecified atom stereocenters. The maximum atomic E-state index is 10.6. The van der Waals surface area contributed by atoms with Gasteiger partial charge >= 0.3 is 0 Å². The Labute approximate surface area is 124 Å². The van der Waals surface area contributed by atoms with E-state index in [9.17, 15) is 10.1 Å². The number of benzene rings is 1. The van der Waals surface area contributed by atoms with Crippen LogP contribution in [0, 0.1) is 10.1 Å². The molecule has 0 spiro atoms. The topological polar surface area (TPSA) is 51.3 Å². The number of rotatable bonds is 4. The molecule has 2 aromatic rings. The molecule has 5 heteroatoms. The number of nitro groups is 1. The van der Waals surface area contributed by atoms with Crippen molar-refractivity contribution in [2.45, 2.75) is 25.4 Å². The van der Waals surface area contributed by atoms with Gasteiger partial charge in [-0.25, -0.2) is 0 Å². The molecule has 1 saturated heterocycles. The Bertz CT molecular complexity index is 584. The highest BCUT2D eigenvalue weighted by molar-refractivity contribution is 5.32. The number of nitro benzene ring substituents is 1. The van der Waals surface area contributed by atoms with E-state index >= 15 is 0 Å². The van der Waals surface area contributed by atoms with Crippen LogP contribution < -0.4 is 0 Å². The lowest BCUT2D eigenvalue weighted by Crippen LogP contribution is -2.33. The smallest absolute Gasteiger partial charge is 0.269 e. The maximum absolute atomic E-state index is 10.6. The molecule has 21 heavy (non-hydrogen) atoms. The Morgan fingerprint density at radius 2 is 1.71 bits per heavy atom. The van der Waals surface area contributed by atoms with Gasteiger partial charge in [0.1, 0.15) is 0 Å². The number of piperidine rings is 1. The number of hydrogen-bond donors (Lipinski definition) is 0. The minimum absolute atomic E-state index is 0.157. The molecule has 2 heterocycles.